The summed E-state index contributed by atoms with van der Waals surface area (Å²) in [5.41, 5.74) is 10.6. The van der Waals surface area contributed by atoms with Gasteiger partial charge in [-0.25, -0.2) is 4.98 Å². The molecule has 33 heavy (non-hydrogen) atoms. The van der Waals surface area contributed by atoms with E-state index in [2.05, 4.69) is 20.3 Å². The Labute approximate surface area is 195 Å². The minimum atomic E-state index is -0.808. The monoisotopic (exact) mass is 464 g/mol. The van der Waals surface area contributed by atoms with E-state index >= 15 is 0 Å². The molecule has 4 rings (SSSR count). The third-order valence-corrected chi connectivity index (χ3v) is 5.74. The number of aromatic nitrogens is 3. The lowest BCUT2D eigenvalue weighted by molar-refractivity contribution is 0.191. The van der Waals surface area contributed by atoms with Crippen molar-refractivity contribution in [3.63, 3.8) is 0 Å². The molecule has 0 saturated carbocycles. The van der Waals surface area contributed by atoms with Crippen molar-refractivity contribution in [1.82, 2.24) is 15.0 Å². The van der Waals surface area contributed by atoms with E-state index in [9.17, 15) is 9.90 Å². The number of hydrogen-bond donors (Lipinski definition) is 5. The molecule has 6 N–H and O–H groups in total. The highest BCUT2D eigenvalue weighted by atomic mass is 35.5. The van der Waals surface area contributed by atoms with Crippen molar-refractivity contribution in [2.45, 2.75) is 19.4 Å². The second kappa shape index (κ2) is 9.48. The zero-order valence-electron chi connectivity index (χ0n) is 18.3. The highest BCUT2D eigenvalue weighted by Gasteiger charge is 2.18. The lowest BCUT2D eigenvalue weighted by Crippen LogP contribution is -2.17. The third-order valence-electron chi connectivity index (χ3n) is 5.50. The third kappa shape index (κ3) is 4.62. The number of aryl methyl sites for hydroxylation is 1. The van der Waals surface area contributed by atoms with Crippen molar-refractivity contribution in [1.29, 1.82) is 0 Å². The van der Waals surface area contributed by atoms with Gasteiger partial charge >= 0.3 is 0 Å². The molecule has 1 unspecified atom stereocenters. The molecule has 0 aliphatic rings. The lowest BCUT2D eigenvalue weighted by Gasteiger charge is -2.15. The normalized spacial score (nSPS) is 12.8. The smallest absolute Gasteiger partial charge is 0.261 e. The van der Waals surface area contributed by atoms with Gasteiger partial charge in [-0.15, -0.1) is 0 Å². The van der Waals surface area contributed by atoms with Crippen molar-refractivity contribution in [2.24, 2.45) is 10.7 Å². The fraction of sp³-hybridized carbons (Fsp3) is 0.208. The first-order valence-corrected chi connectivity index (χ1v) is 10.9. The molecule has 2 aromatic heterocycles. The lowest BCUT2D eigenvalue weighted by atomic mass is 10.1. The number of nitrogens with zero attached hydrogens (tertiary/aromatic N) is 2. The minimum absolute atomic E-state index is 0.185. The average molecular weight is 465 g/mol. The number of H-pyrrole nitrogens is 2. The van der Waals surface area contributed by atoms with E-state index < -0.39 is 6.10 Å². The molecule has 4 aromatic rings. The average Bonchev–Trinajstić information content (AvgIpc) is 3.24. The van der Waals surface area contributed by atoms with Crippen LogP contribution in [0.15, 0.2) is 58.4 Å². The molecule has 2 aromatic carbocycles. The summed E-state index contributed by atoms with van der Waals surface area (Å²) in [5.74, 6) is 0.850. The van der Waals surface area contributed by atoms with E-state index in [1.54, 1.807) is 43.6 Å². The predicted molar refractivity (Wildman–Crippen MR) is 133 cm³/mol. The van der Waals surface area contributed by atoms with Crippen LogP contribution in [0.2, 0.25) is 5.02 Å². The van der Waals surface area contributed by atoms with Gasteiger partial charge in [-0.1, -0.05) is 30.7 Å². The fourth-order valence-corrected chi connectivity index (χ4v) is 3.95. The van der Waals surface area contributed by atoms with Gasteiger partial charge in [-0.2, -0.15) is 0 Å². The van der Waals surface area contributed by atoms with Gasteiger partial charge in [0.05, 0.1) is 22.8 Å². The first-order chi connectivity index (χ1) is 15.9. The highest BCUT2D eigenvalue weighted by molar-refractivity contribution is 6.30. The molecule has 1 atom stereocenters. The number of imidazole rings is 1. The van der Waals surface area contributed by atoms with Crippen molar-refractivity contribution >= 4 is 34.2 Å². The standard InChI is InChI=1S/C24H25ClN6O2/c1-3-13-9-15(22(26)27-2)11-18-21(13)31-23(30-18)20-17(7-8-28-24(20)33)29-12-19(32)14-5-4-6-16(25)10-14/h4-11,19,32H,3,12H2,1-2H3,(H2,26,27)(H,30,31)(H2,28,29,33). The topological polar surface area (TPSA) is 132 Å². The summed E-state index contributed by atoms with van der Waals surface area (Å²) in [7, 11) is 1.64. The van der Waals surface area contributed by atoms with Gasteiger partial charge in [0.25, 0.3) is 5.56 Å². The Kier molecular flexibility index (Phi) is 6.48. The molecule has 0 saturated heterocycles. The summed E-state index contributed by atoms with van der Waals surface area (Å²) < 4.78 is 0. The summed E-state index contributed by atoms with van der Waals surface area (Å²) in [4.78, 5) is 27.5. The number of halogens is 1. The maximum absolute atomic E-state index is 12.8. The van der Waals surface area contributed by atoms with Gasteiger partial charge in [0, 0.05) is 30.4 Å². The molecule has 0 fully saturated rings. The van der Waals surface area contributed by atoms with Crippen LogP contribution in [0, 0.1) is 0 Å². The zero-order chi connectivity index (χ0) is 23.5. The number of aliphatic hydroxyl groups is 1. The Bertz CT molecular complexity index is 1390. The van der Waals surface area contributed by atoms with Crippen molar-refractivity contribution in [3.05, 3.63) is 80.7 Å². The molecule has 0 bridgehead atoms. The second-order valence-electron chi connectivity index (χ2n) is 7.63. The number of pyridine rings is 1. The Morgan fingerprint density at radius 1 is 1.30 bits per heavy atom. The van der Waals surface area contributed by atoms with E-state index in [-0.39, 0.29) is 12.1 Å². The Morgan fingerprint density at radius 3 is 2.85 bits per heavy atom. The number of anilines is 1. The van der Waals surface area contributed by atoms with Crippen LogP contribution < -0.4 is 16.6 Å². The van der Waals surface area contributed by atoms with E-state index in [0.29, 0.717) is 33.5 Å². The number of aliphatic imine (C=N–C) groups is 1. The van der Waals surface area contributed by atoms with Crippen LogP contribution in [0.1, 0.15) is 29.7 Å². The van der Waals surface area contributed by atoms with Gasteiger partial charge in [0.15, 0.2) is 0 Å². The van der Waals surface area contributed by atoms with Crippen LogP contribution in [-0.2, 0) is 6.42 Å². The van der Waals surface area contributed by atoms with Gasteiger partial charge in [0.2, 0.25) is 0 Å². The summed E-state index contributed by atoms with van der Waals surface area (Å²) in [5, 5.41) is 14.3. The number of fused-ring (bicyclic) bond motifs is 1. The molecule has 9 heteroatoms. The maximum atomic E-state index is 12.8. The summed E-state index contributed by atoms with van der Waals surface area (Å²) >= 11 is 6.03. The van der Waals surface area contributed by atoms with Gasteiger partial charge < -0.3 is 26.1 Å². The van der Waals surface area contributed by atoms with Gasteiger partial charge in [-0.05, 0) is 47.9 Å². The van der Waals surface area contributed by atoms with E-state index in [1.807, 2.05) is 19.1 Å². The molecule has 170 valence electrons. The molecule has 0 radical (unpaired) electrons. The van der Waals surface area contributed by atoms with Crippen molar-refractivity contribution in [2.75, 3.05) is 18.9 Å². The van der Waals surface area contributed by atoms with Crippen LogP contribution in [0.25, 0.3) is 22.4 Å². The number of hydrogen-bond acceptors (Lipinski definition) is 5. The van der Waals surface area contributed by atoms with Crippen molar-refractivity contribution in [3.8, 4) is 11.4 Å². The quantitative estimate of drug-likeness (QED) is 0.210. The number of nitrogens with one attached hydrogen (secondary N) is 3. The highest BCUT2D eigenvalue weighted by Crippen LogP contribution is 2.28. The molecule has 0 amide bonds. The summed E-state index contributed by atoms with van der Waals surface area (Å²) in [6, 6.07) is 12.6. The molecular formula is C24H25ClN6O2. The first-order valence-electron chi connectivity index (χ1n) is 10.6. The Morgan fingerprint density at radius 2 is 2.12 bits per heavy atom. The zero-order valence-corrected chi connectivity index (χ0v) is 19.1. The summed E-state index contributed by atoms with van der Waals surface area (Å²) in [6.45, 7) is 2.22. The van der Waals surface area contributed by atoms with Crippen molar-refractivity contribution < 1.29 is 5.11 Å². The van der Waals surface area contributed by atoms with Crippen LogP contribution in [0.3, 0.4) is 0 Å². The number of aliphatic hydroxyl groups excluding tert-OH is 1. The van der Waals surface area contributed by atoms with Crippen LogP contribution in [0.4, 0.5) is 5.69 Å². The minimum Gasteiger partial charge on any atom is -0.387 e. The number of amidine groups is 1. The second-order valence-corrected chi connectivity index (χ2v) is 8.06. The molecular weight excluding hydrogens is 440 g/mol. The van der Waals surface area contributed by atoms with Gasteiger partial charge in [0.1, 0.15) is 17.2 Å². The van der Waals surface area contributed by atoms with Crippen LogP contribution in [0.5, 0.6) is 0 Å². The Balaban J connectivity index is 1.71. The largest absolute Gasteiger partial charge is 0.387 e. The van der Waals surface area contributed by atoms with E-state index in [0.717, 1.165) is 28.6 Å². The summed E-state index contributed by atoms with van der Waals surface area (Å²) in [6.07, 6.45) is 1.49. The Hall–Kier alpha value is -3.62. The van der Waals surface area contributed by atoms with Gasteiger partial charge in [-0.3, -0.25) is 9.79 Å². The van der Waals surface area contributed by atoms with Crippen LogP contribution in [-0.4, -0.2) is 39.5 Å². The number of benzene rings is 2. The molecule has 0 aliphatic carbocycles. The molecule has 8 nitrogen and oxygen atoms in total. The predicted octanol–water partition coefficient (Wildman–Crippen LogP) is 3.61. The number of rotatable bonds is 7. The van der Waals surface area contributed by atoms with E-state index in [4.69, 9.17) is 22.3 Å². The molecule has 0 spiro atoms. The molecule has 0 aliphatic heterocycles. The number of aromatic amines is 2. The first kappa shape index (κ1) is 22.6. The SMILES string of the molecule is CCc1cc(/C(N)=N/C)cc2[nH]c(-c3c(NCC(O)c4cccc(Cl)c4)cc[nH]c3=O)nc12. The maximum Gasteiger partial charge on any atom is 0.261 e. The fourth-order valence-electron chi connectivity index (χ4n) is 3.75. The van der Waals surface area contributed by atoms with E-state index in [1.165, 1.54) is 0 Å². The van der Waals surface area contributed by atoms with Crippen LogP contribution >= 0.6 is 11.6 Å². The number of nitrogens with two attached hydrogens (primary N) is 1. The molecule has 2 heterocycles.